The highest BCUT2D eigenvalue weighted by molar-refractivity contribution is 7.71. The number of aromatic amines is 1. The van der Waals surface area contributed by atoms with E-state index in [4.69, 9.17) is 23.8 Å². The summed E-state index contributed by atoms with van der Waals surface area (Å²) in [7, 11) is 0. The molecular formula is C9H6ClF3N2S. The molecule has 0 saturated carbocycles. The molecule has 0 fully saturated rings. The first-order chi connectivity index (χ1) is 7.49. The van der Waals surface area contributed by atoms with Crippen molar-refractivity contribution in [3.8, 4) is 0 Å². The van der Waals surface area contributed by atoms with Crippen LogP contribution in [0.2, 0.25) is 5.02 Å². The van der Waals surface area contributed by atoms with E-state index in [0.717, 1.165) is 6.07 Å². The van der Waals surface area contributed by atoms with Crippen LogP contribution in [0.25, 0.3) is 11.0 Å². The number of rotatable bonds is 2. The molecule has 0 amide bonds. The number of fused-ring (bicyclic) bond motifs is 1. The first-order valence-electron chi connectivity index (χ1n) is 4.34. The average Bonchev–Trinajstić information content (AvgIpc) is 2.45. The third-order valence-corrected chi connectivity index (χ3v) is 2.75. The van der Waals surface area contributed by atoms with Gasteiger partial charge < -0.3 is 9.55 Å². The highest BCUT2D eigenvalue weighted by Gasteiger charge is 2.12. The van der Waals surface area contributed by atoms with Crippen molar-refractivity contribution in [1.82, 2.24) is 9.55 Å². The normalized spacial score (nSPS) is 11.6. The molecule has 0 saturated heterocycles. The summed E-state index contributed by atoms with van der Waals surface area (Å²) in [5.41, 5.74) is 0.726. The lowest BCUT2D eigenvalue weighted by atomic mass is 10.3. The van der Waals surface area contributed by atoms with Crippen LogP contribution in [0.4, 0.5) is 13.2 Å². The monoisotopic (exact) mass is 266 g/mol. The molecule has 2 rings (SSSR count). The topological polar surface area (TPSA) is 20.7 Å². The van der Waals surface area contributed by atoms with Gasteiger partial charge in [-0.15, -0.1) is 0 Å². The van der Waals surface area contributed by atoms with Gasteiger partial charge in [-0.1, -0.05) is 11.6 Å². The number of H-pyrrole nitrogens is 1. The second-order valence-electron chi connectivity index (χ2n) is 3.22. The molecule has 86 valence electrons. The van der Waals surface area contributed by atoms with Gasteiger partial charge in [0.15, 0.2) is 4.77 Å². The van der Waals surface area contributed by atoms with Gasteiger partial charge in [0.05, 0.1) is 22.6 Å². The molecule has 16 heavy (non-hydrogen) atoms. The summed E-state index contributed by atoms with van der Waals surface area (Å²) < 4.78 is 39.0. The number of aromatic nitrogens is 2. The van der Waals surface area contributed by atoms with E-state index >= 15 is 0 Å². The largest absolute Gasteiger partial charge is 0.330 e. The molecule has 0 radical (unpaired) electrons. The fourth-order valence-corrected chi connectivity index (χ4v) is 1.91. The smallest absolute Gasteiger partial charge is 0.256 e. The summed E-state index contributed by atoms with van der Waals surface area (Å²) in [4.78, 5) is 2.65. The second-order valence-corrected chi connectivity index (χ2v) is 4.01. The summed E-state index contributed by atoms with van der Waals surface area (Å²) >= 11 is 10.4. The SMILES string of the molecule is Fc1cc2[nH]c(=S)n(CC(F)F)c2cc1Cl. The molecule has 7 heteroatoms. The van der Waals surface area contributed by atoms with E-state index < -0.39 is 18.8 Å². The van der Waals surface area contributed by atoms with E-state index in [9.17, 15) is 13.2 Å². The number of nitrogens with zero attached hydrogens (tertiary/aromatic N) is 1. The van der Waals surface area contributed by atoms with Gasteiger partial charge in [0.2, 0.25) is 0 Å². The van der Waals surface area contributed by atoms with E-state index in [-0.39, 0.29) is 9.79 Å². The highest BCUT2D eigenvalue weighted by atomic mass is 35.5. The van der Waals surface area contributed by atoms with Crippen LogP contribution >= 0.6 is 23.8 Å². The molecule has 0 bridgehead atoms. The molecule has 1 heterocycles. The van der Waals surface area contributed by atoms with Gasteiger partial charge in [0, 0.05) is 6.07 Å². The fourth-order valence-electron chi connectivity index (χ4n) is 1.47. The van der Waals surface area contributed by atoms with Crippen LogP contribution in [0, 0.1) is 10.6 Å². The van der Waals surface area contributed by atoms with E-state index in [2.05, 4.69) is 4.98 Å². The van der Waals surface area contributed by atoms with Gasteiger partial charge in [0.25, 0.3) is 6.43 Å². The number of imidazole rings is 1. The zero-order valence-corrected chi connectivity index (χ0v) is 9.38. The zero-order valence-electron chi connectivity index (χ0n) is 7.81. The van der Waals surface area contributed by atoms with Crippen LogP contribution < -0.4 is 0 Å². The highest BCUT2D eigenvalue weighted by Crippen LogP contribution is 2.23. The van der Waals surface area contributed by atoms with Crippen LogP contribution in [0.15, 0.2) is 12.1 Å². The summed E-state index contributed by atoms with van der Waals surface area (Å²) in [5, 5.41) is -0.121. The Morgan fingerprint density at radius 3 is 2.75 bits per heavy atom. The summed E-state index contributed by atoms with van der Waals surface area (Å²) in [5.74, 6) is -0.616. The number of nitrogens with one attached hydrogen (secondary N) is 1. The number of benzene rings is 1. The quantitative estimate of drug-likeness (QED) is 0.821. The molecule has 2 aromatic rings. The first-order valence-corrected chi connectivity index (χ1v) is 5.13. The Morgan fingerprint density at radius 2 is 2.12 bits per heavy atom. The number of hydrogen-bond donors (Lipinski definition) is 1. The molecule has 0 aliphatic carbocycles. The van der Waals surface area contributed by atoms with Gasteiger partial charge in [-0.25, -0.2) is 13.2 Å². The molecule has 0 spiro atoms. The van der Waals surface area contributed by atoms with Crippen molar-refractivity contribution < 1.29 is 13.2 Å². The molecule has 1 aromatic heterocycles. The average molecular weight is 267 g/mol. The lowest BCUT2D eigenvalue weighted by molar-refractivity contribution is 0.127. The third kappa shape index (κ3) is 1.94. The van der Waals surface area contributed by atoms with Crippen molar-refractivity contribution in [2.45, 2.75) is 13.0 Å². The van der Waals surface area contributed by atoms with Crippen molar-refractivity contribution in [2.24, 2.45) is 0 Å². The minimum Gasteiger partial charge on any atom is -0.330 e. The van der Waals surface area contributed by atoms with Gasteiger partial charge >= 0.3 is 0 Å². The summed E-state index contributed by atoms with van der Waals surface area (Å²) in [6.07, 6.45) is -2.53. The summed E-state index contributed by atoms with van der Waals surface area (Å²) in [6.45, 7) is -0.541. The fraction of sp³-hybridized carbons (Fsp3) is 0.222. The van der Waals surface area contributed by atoms with E-state index in [1.807, 2.05) is 0 Å². The van der Waals surface area contributed by atoms with Crippen molar-refractivity contribution >= 4 is 34.9 Å². The zero-order chi connectivity index (χ0) is 11.9. The lowest BCUT2D eigenvalue weighted by Crippen LogP contribution is -2.06. The number of halogens is 4. The van der Waals surface area contributed by atoms with Gasteiger partial charge in [-0.3, -0.25) is 0 Å². The molecule has 0 aliphatic heterocycles. The van der Waals surface area contributed by atoms with Gasteiger partial charge in [-0.05, 0) is 18.3 Å². The van der Waals surface area contributed by atoms with E-state index in [0.29, 0.717) is 11.0 Å². The van der Waals surface area contributed by atoms with Crippen molar-refractivity contribution in [2.75, 3.05) is 0 Å². The van der Waals surface area contributed by atoms with E-state index in [1.165, 1.54) is 10.6 Å². The predicted octanol–water partition coefficient (Wildman–Crippen LogP) is 3.76. The Hall–Kier alpha value is -1.01. The van der Waals surface area contributed by atoms with Gasteiger partial charge in [-0.2, -0.15) is 0 Å². The van der Waals surface area contributed by atoms with Crippen LogP contribution in [-0.2, 0) is 6.54 Å². The number of hydrogen-bond acceptors (Lipinski definition) is 1. The Bertz CT molecular complexity index is 590. The Morgan fingerprint density at radius 1 is 1.44 bits per heavy atom. The van der Waals surface area contributed by atoms with Crippen molar-refractivity contribution in [3.05, 3.63) is 27.7 Å². The molecular weight excluding hydrogens is 261 g/mol. The molecule has 0 aliphatic rings. The predicted molar refractivity (Wildman–Crippen MR) is 58.1 cm³/mol. The Balaban J connectivity index is 2.69. The molecule has 0 atom stereocenters. The lowest BCUT2D eigenvalue weighted by Gasteiger charge is -2.03. The maximum Gasteiger partial charge on any atom is 0.256 e. The standard InChI is InChI=1S/C9H6ClF3N2S/c10-4-1-7-6(2-5(4)11)14-9(16)15(7)3-8(12)13/h1-2,8H,3H2,(H,14,16). The Labute approximate surface area is 98.6 Å². The minimum absolute atomic E-state index is 0.121. The maximum absolute atomic E-state index is 13.1. The van der Waals surface area contributed by atoms with Crippen LogP contribution in [0.1, 0.15) is 0 Å². The molecule has 1 aromatic carbocycles. The molecule has 0 unspecified atom stereocenters. The van der Waals surface area contributed by atoms with Crippen molar-refractivity contribution in [1.29, 1.82) is 0 Å². The van der Waals surface area contributed by atoms with Crippen LogP contribution in [0.5, 0.6) is 0 Å². The Kier molecular flexibility index (Phi) is 2.94. The number of alkyl halides is 2. The minimum atomic E-state index is -2.53. The van der Waals surface area contributed by atoms with Crippen LogP contribution in [-0.4, -0.2) is 16.0 Å². The molecule has 2 nitrogen and oxygen atoms in total. The van der Waals surface area contributed by atoms with Gasteiger partial charge in [0.1, 0.15) is 5.82 Å². The van der Waals surface area contributed by atoms with Crippen LogP contribution in [0.3, 0.4) is 0 Å². The maximum atomic E-state index is 13.1. The first kappa shape index (κ1) is 11.5. The second kappa shape index (κ2) is 4.10. The molecule has 1 N–H and O–H groups in total. The van der Waals surface area contributed by atoms with E-state index in [1.54, 1.807) is 0 Å². The van der Waals surface area contributed by atoms with Crippen molar-refractivity contribution in [3.63, 3.8) is 0 Å². The third-order valence-electron chi connectivity index (χ3n) is 2.14. The summed E-state index contributed by atoms with van der Waals surface area (Å²) in [6, 6.07) is 2.41.